The Hall–Kier alpha value is -1.06. The molecule has 1 aliphatic carbocycles. The monoisotopic (exact) mass is 198 g/mol. The summed E-state index contributed by atoms with van der Waals surface area (Å²) in [5, 5.41) is 0. The molecule has 0 bridgehead atoms. The minimum atomic E-state index is -0.939. The molecule has 4 heteroatoms. The number of ether oxygens (including phenoxy) is 2. The quantitative estimate of drug-likeness (QED) is 0.434. The van der Waals surface area contributed by atoms with Crippen LogP contribution in [-0.4, -0.2) is 17.7 Å². The molecule has 4 nitrogen and oxygen atoms in total. The summed E-state index contributed by atoms with van der Waals surface area (Å²) in [7, 11) is 0. The van der Waals surface area contributed by atoms with Gasteiger partial charge in [-0.15, -0.1) is 0 Å². The van der Waals surface area contributed by atoms with Gasteiger partial charge in [-0.1, -0.05) is 13.8 Å². The molecular formula is C10H14O4. The second kappa shape index (κ2) is 2.97. The van der Waals surface area contributed by atoms with Gasteiger partial charge in [0.15, 0.2) is 0 Å². The highest BCUT2D eigenvalue weighted by Gasteiger charge is 2.50. The van der Waals surface area contributed by atoms with Gasteiger partial charge >= 0.3 is 11.9 Å². The molecule has 0 amide bonds. The van der Waals surface area contributed by atoms with Crippen molar-refractivity contribution in [2.24, 2.45) is 11.8 Å². The van der Waals surface area contributed by atoms with Crippen LogP contribution in [0.25, 0.3) is 0 Å². The van der Waals surface area contributed by atoms with E-state index in [1.165, 1.54) is 0 Å². The lowest BCUT2D eigenvalue weighted by Crippen LogP contribution is -2.43. The van der Waals surface area contributed by atoms with Gasteiger partial charge < -0.3 is 9.47 Å². The van der Waals surface area contributed by atoms with Crippen LogP contribution in [0.15, 0.2) is 0 Å². The average molecular weight is 198 g/mol. The summed E-state index contributed by atoms with van der Waals surface area (Å²) >= 11 is 0. The summed E-state index contributed by atoms with van der Waals surface area (Å²) in [5.74, 6) is -1.00. The van der Waals surface area contributed by atoms with Gasteiger partial charge in [-0.25, -0.2) is 0 Å². The molecule has 0 aromatic heterocycles. The van der Waals surface area contributed by atoms with E-state index < -0.39 is 17.7 Å². The van der Waals surface area contributed by atoms with E-state index in [4.69, 9.17) is 9.47 Å². The maximum Gasteiger partial charge on any atom is 0.320 e. The summed E-state index contributed by atoms with van der Waals surface area (Å²) in [6.07, 6.45) is 1.02. The van der Waals surface area contributed by atoms with Crippen LogP contribution in [0.3, 0.4) is 0 Å². The zero-order valence-electron chi connectivity index (χ0n) is 8.41. The van der Waals surface area contributed by atoms with Gasteiger partial charge in [-0.3, -0.25) is 9.59 Å². The van der Waals surface area contributed by atoms with Crippen LogP contribution in [0, 0.1) is 11.8 Å². The normalized spacial score (nSPS) is 35.6. The third kappa shape index (κ3) is 1.49. The minimum Gasteiger partial charge on any atom is -0.422 e. The molecule has 1 heterocycles. The molecule has 1 spiro atoms. The van der Waals surface area contributed by atoms with E-state index in [1.807, 2.05) is 0 Å². The van der Waals surface area contributed by atoms with Crippen molar-refractivity contribution in [3.8, 4) is 0 Å². The minimum absolute atomic E-state index is 0.246. The molecule has 2 rings (SSSR count). The number of rotatable bonds is 0. The fourth-order valence-corrected chi connectivity index (χ4v) is 2.26. The standard InChI is InChI=1S/C10H14O4/c1-6-4-10(5-7(6)2)13-8(11)3-9(12)14-10/h6-7H,3-5H2,1-2H3/t6-,7-/m0/s1. The van der Waals surface area contributed by atoms with Crippen molar-refractivity contribution >= 4 is 11.9 Å². The van der Waals surface area contributed by atoms with Crippen molar-refractivity contribution in [3.63, 3.8) is 0 Å². The Morgan fingerprint density at radius 3 is 1.93 bits per heavy atom. The van der Waals surface area contributed by atoms with Gasteiger partial charge in [-0.2, -0.15) is 0 Å². The summed E-state index contributed by atoms with van der Waals surface area (Å²) in [5.41, 5.74) is 0. The maximum absolute atomic E-state index is 11.1. The molecule has 2 fully saturated rings. The lowest BCUT2D eigenvalue weighted by Gasteiger charge is -2.32. The first-order valence-corrected chi connectivity index (χ1v) is 4.94. The molecule has 2 atom stereocenters. The van der Waals surface area contributed by atoms with E-state index in [0.717, 1.165) is 0 Å². The first kappa shape index (κ1) is 9.49. The van der Waals surface area contributed by atoms with Crippen molar-refractivity contribution in [2.45, 2.75) is 38.9 Å². The van der Waals surface area contributed by atoms with Crippen LogP contribution < -0.4 is 0 Å². The highest BCUT2D eigenvalue weighted by molar-refractivity contribution is 5.93. The van der Waals surface area contributed by atoms with Crippen LogP contribution in [0.4, 0.5) is 0 Å². The van der Waals surface area contributed by atoms with Crippen molar-refractivity contribution in [1.82, 2.24) is 0 Å². The number of hydrogen-bond donors (Lipinski definition) is 0. The number of carbonyl (C=O) groups is 2. The van der Waals surface area contributed by atoms with Gasteiger partial charge in [0.05, 0.1) is 0 Å². The Bertz CT molecular complexity index is 256. The van der Waals surface area contributed by atoms with Gasteiger partial charge in [0, 0.05) is 12.8 Å². The molecule has 0 aromatic rings. The zero-order valence-corrected chi connectivity index (χ0v) is 8.41. The van der Waals surface area contributed by atoms with E-state index in [-0.39, 0.29) is 6.42 Å². The molecule has 1 aliphatic heterocycles. The Balaban J connectivity index is 2.16. The van der Waals surface area contributed by atoms with Crippen LogP contribution in [0.5, 0.6) is 0 Å². The fourth-order valence-electron chi connectivity index (χ4n) is 2.26. The summed E-state index contributed by atoms with van der Waals surface area (Å²) < 4.78 is 10.3. The highest BCUT2D eigenvalue weighted by Crippen LogP contribution is 2.43. The Kier molecular flexibility index (Phi) is 2.01. The molecular weight excluding hydrogens is 184 g/mol. The van der Waals surface area contributed by atoms with Gasteiger partial charge in [0.2, 0.25) is 0 Å². The van der Waals surface area contributed by atoms with E-state index >= 15 is 0 Å². The van der Waals surface area contributed by atoms with Crippen LogP contribution >= 0.6 is 0 Å². The predicted molar refractivity (Wildman–Crippen MR) is 47.1 cm³/mol. The van der Waals surface area contributed by atoms with E-state index in [9.17, 15) is 9.59 Å². The van der Waals surface area contributed by atoms with Crippen molar-refractivity contribution < 1.29 is 19.1 Å². The number of carbonyl (C=O) groups excluding carboxylic acids is 2. The van der Waals surface area contributed by atoms with E-state index in [0.29, 0.717) is 24.7 Å². The third-order valence-corrected chi connectivity index (χ3v) is 3.13. The second-order valence-corrected chi connectivity index (χ2v) is 4.40. The van der Waals surface area contributed by atoms with Gasteiger partial charge in [0.25, 0.3) is 5.79 Å². The SMILES string of the molecule is C[C@H]1CC2(C[C@@H]1C)OC(=O)CC(=O)O2. The first-order chi connectivity index (χ1) is 6.51. The molecule has 0 N–H and O–H groups in total. The summed E-state index contributed by atoms with van der Waals surface area (Å²) in [6.45, 7) is 4.16. The van der Waals surface area contributed by atoms with Crippen molar-refractivity contribution in [2.75, 3.05) is 0 Å². The Morgan fingerprint density at radius 2 is 1.50 bits per heavy atom. The lowest BCUT2D eigenvalue weighted by atomic mass is 10.0. The maximum atomic E-state index is 11.1. The average Bonchev–Trinajstić information content (AvgIpc) is 2.23. The summed E-state index contributed by atoms with van der Waals surface area (Å²) in [6, 6.07) is 0. The second-order valence-electron chi connectivity index (χ2n) is 4.40. The van der Waals surface area contributed by atoms with Crippen LogP contribution in [-0.2, 0) is 19.1 Å². The number of esters is 2. The van der Waals surface area contributed by atoms with Gasteiger partial charge in [-0.05, 0) is 11.8 Å². The fraction of sp³-hybridized carbons (Fsp3) is 0.800. The molecule has 0 aromatic carbocycles. The molecule has 1 saturated carbocycles. The molecule has 1 saturated heterocycles. The topological polar surface area (TPSA) is 52.6 Å². The predicted octanol–water partition coefficient (Wildman–Crippen LogP) is 1.24. The first-order valence-electron chi connectivity index (χ1n) is 4.94. The molecule has 2 aliphatic rings. The highest BCUT2D eigenvalue weighted by atomic mass is 16.7. The van der Waals surface area contributed by atoms with E-state index in [2.05, 4.69) is 13.8 Å². The lowest BCUT2D eigenvalue weighted by molar-refractivity contribution is -0.242. The molecule has 78 valence electrons. The van der Waals surface area contributed by atoms with Gasteiger partial charge in [0.1, 0.15) is 6.42 Å². The largest absolute Gasteiger partial charge is 0.422 e. The van der Waals surface area contributed by atoms with Crippen LogP contribution in [0.1, 0.15) is 33.1 Å². The van der Waals surface area contributed by atoms with Crippen LogP contribution in [0.2, 0.25) is 0 Å². The van der Waals surface area contributed by atoms with Crippen molar-refractivity contribution in [3.05, 3.63) is 0 Å². The third-order valence-electron chi connectivity index (χ3n) is 3.13. The zero-order chi connectivity index (χ0) is 10.3. The Morgan fingerprint density at radius 1 is 1.07 bits per heavy atom. The van der Waals surface area contributed by atoms with Crippen molar-refractivity contribution in [1.29, 1.82) is 0 Å². The number of hydrogen-bond acceptors (Lipinski definition) is 4. The van der Waals surface area contributed by atoms with E-state index in [1.54, 1.807) is 0 Å². The molecule has 0 unspecified atom stereocenters. The smallest absolute Gasteiger partial charge is 0.320 e. The molecule has 0 radical (unpaired) electrons. The summed E-state index contributed by atoms with van der Waals surface area (Å²) in [4.78, 5) is 22.2. The Labute approximate surface area is 82.6 Å². The molecule has 14 heavy (non-hydrogen) atoms.